The Morgan fingerprint density at radius 3 is 2.48 bits per heavy atom. The van der Waals surface area contributed by atoms with E-state index in [9.17, 15) is 0 Å². The Hall–Kier alpha value is -1.71. The minimum absolute atomic E-state index is 0.0832. The van der Waals surface area contributed by atoms with E-state index in [1.807, 2.05) is 18.3 Å². The standard InChI is InChI=1S/C18H25N3/c1-14-8-4-5-10-17(14)18(15(2)19)21(3)13-11-16-9-6-7-12-20-16/h4-10,12,15,18H,11,13,19H2,1-3H3. The van der Waals surface area contributed by atoms with E-state index in [1.54, 1.807) is 0 Å². The molecule has 0 saturated carbocycles. The van der Waals surface area contributed by atoms with Gasteiger partial charge in [0.15, 0.2) is 0 Å². The average Bonchev–Trinajstić information content (AvgIpc) is 2.48. The molecule has 2 aromatic rings. The van der Waals surface area contributed by atoms with Gasteiger partial charge >= 0.3 is 0 Å². The van der Waals surface area contributed by atoms with Crippen molar-refractivity contribution in [3.05, 3.63) is 65.5 Å². The van der Waals surface area contributed by atoms with Crippen molar-refractivity contribution in [1.29, 1.82) is 0 Å². The Morgan fingerprint density at radius 1 is 1.14 bits per heavy atom. The van der Waals surface area contributed by atoms with Crippen LogP contribution in [0, 0.1) is 6.92 Å². The molecule has 0 spiro atoms. The Kier molecular flexibility index (Phi) is 5.48. The van der Waals surface area contributed by atoms with E-state index in [2.05, 4.69) is 61.1 Å². The Bertz CT molecular complexity index is 551. The number of likely N-dealkylation sites (N-methyl/N-ethyl adjacent to an activating group) is 1. The van der Waals surface area contributed by atoms with Crippen LogP contribution in [0.5, 0.6) is 0 Å². The number of nitrogens with two attached hydrogens (primary N) is 1. The number of aromatic nitrogens is 1. The van der Waals surface area contributed by atoms with Crippen LogP contribution < -0.4 is 5.73 Å². The van der Waals surface area contributed by atoms with Crippen LogP contribution >= 0.6 is 0 Å². The predicted octanol–water partition coefficient (Wildman–Crippen LogP) is 2.95. The zero-order valence-corrected chi connectivity index (χ0v) is 13.2. The second-order valence-electron chi connectivity index (χ2n) is 5.71. The molecule has 3 heteroatoms. The van der Waals surface area contributed by atoms with Crippen molar-refractivity contribution in [2.24, 2.45) is 5.73 Å². The van der Waals surface area contributed by atoms with Crippen LogP contribution in [0.15, 0.2) is 48.7 Å². The van der Waals surface area contributed by atoms with Crippen molar-refractivity contribution < 1.29 is 0 Å². The Morgan fingerprint density at radius 2 is 1.86 bits per heavy atom. The summed E-state index contributed by atoms with van der Waals surface area (Å²) >= 11 is 0. The highest BCUT2D eigenvalue weighted by Gasteiger charge is 2.22. The van der Waals surface area contributed by atoms with Crippen LogP contribution in [0.2, 0.25) is 0 Å². The zero-order chi connectivity index (χ0) is 15.2. The number of benzene rings is 1. The molecule has 0 radical (unpaired) electrons. The average molecular weight is 283 g/mol. The third-order valence-electron chi connectivity index (χ3n) is 3.93. The lowest BCUT2D eigenvalue weighted by molar-refractivity contribution is 0.220. The molecule has 0 fully saturated rings. The summed E-state index contributed by atoms with van der Waals surface area (Å²) in [5.41, 5.74) is 9.98. The molecule has 2 rings (SSSR count). The minimum atomic E-state index is 0.0832. The summed E-state index contributed by atoms with van der Waals surface area (Å²) in [4.78, 5) is 6.72. The lowest BCUT2D eigenvalue weighted by Gasteiger charge is -2.32. The van der Waals surface area contributed by atoms with Crippen LogP contribution in [0.3, 0.4) is 0 Å². The largest absolute Gasteiger partial charge is 0.326 e. The first kappa shape index (κ1) is 15.7. The summed E-state index contributed by atoms with van der Waals surface area (Å²) in [6.45, 7) is 5.17. The molecular formula is C18H25N3. The van der Waals surface area contributed by atoms with Gasteiger partial charge in [-0.05, 0) is 44.2 Å². The topological polar surface area (TPSA) is 42.1 Å². The van der Waals surface area contributed by atoms with Crippen molar-refractivity contribution in [3.63, 3.8) is 0 Å². The fourth-order valence-corrected chi connectivity index (χ4v) is 2.82. The molecule has 3 nitrogen and oxygen atoms in total. The number of aryl methyl sites for hydroxylation is 1. The van der Waals surface area contributed by atoms with Crippen molar-refractivity contribution in [2.45, 2.75) is 32.4 Å². The number of nitrogens with zero attached hydrogens (tertiary/aromatic N) is 2. The van der Waals surface area contributed by atoms with Gasteiger partial charge in [-0.1, -0.05) is 30.3 Å². The molecule has 2 N–H and O–H groups in total. The van der Waals surface area contributed by atoms with Gasteiger partial charge in [0.25, 0.3) is 0 Å². The smallest absolute Gasteiger partial charge is 0.0496 e. The first-order valence-corrected chi connectivity index (χ1v) is 7.51. The molecular weight excluding hydrogens is 258 g/mol. The van der Waals surface area contributed by atoms with Crippen LogP contribution in [0.25, 0.3) is 0 Å². The maximum absolute atomic E-state index is 6.25. The van der Waals surface area contributed by atoms with E-state index in [4.69, 9.17) is 5.73 Å². The van der Waals surface area contributed by atoms with Crippen LogP contribution in [0.1, 0.15) is 29.8 Å². The summed E-state index contributed by atoms with van der Waals surface area (Å²) in [6.07, 6.45) is 2.78. The van der Waals surface area contributed by atoms with Crippen LogP contribution in [0.4, 0.5) is 0 Å². The number of pyridine rings is 1. The maximum Gasteiger partial charge on any atom is 0.0496 e. The first-order chi connectivity index (χ1) is 10.1. The molecule has 112 valence electrons. The second-order valence-corrected chi connectivity index (χ2v) is 5.71. The third kappa shape index (κ3) is 4.13. The van der Waals surface area contributed by atoms with Gasteiger partial charge in [-0.25, -0.2) is 0 Å². The first-order valence-electron chi connectivity index (χ1n) is 7.51. The molecule has 0 aliphatic carbocycles. The van der Waals surface area contributed by atoms with Gasteiger partial charge in [-0.3, -0.25) is 9.88 Å². The number of rotatable bonds is 6. The fourth-order valence-electron chi connectivity index (χ4n) is 2.82. The molecule has 21 heavy (non-hydrogen) atoms. The lowest BCUT2D eigenvalue weighted by Crippen LogP contribution is -2.38. The van der Waals surface area contributed by atoms with Crippen molar-refractivity contribution in [3.8, 4) is 0 Å². The molecule has 2 unspecified atom stereocenters. The van der Waals surface area contributed by atoms with E-state index in [0.717, 1.165) is 18.7 Å². The van der Waals surface area contributed by atoms with Gasteiger partial charge in [0.2, 0.25) is 0 Å². The number of hydrogen-bond acceptors (Lipinski definition) is 3. The zero-order valence-electron chi connectivity index (χ0n) is 13.2. The normalized spacial score (nSPS) is 14.1. The van der Waals surface area contributed by atoms with E-state index in [1.165, 1.54) is 11.1 Å². The van der Waals surface area contributed by atoms with Gasteiger partial charge in [0.1, 0.15) is 0 Å². The van der Waals surface area contributed by atoms with E-state index in [-0.39, 0.29) is 12.1 Å². The summed E-state index contributed by atoms with van der Waals surface area (Å²) in [6, 6.07) is 14.9. The molecule has 0 amide bonds. The van der Waals surface area contributed by atoms with Crippen molar-refractivity contribution >= 4 is 0 Å². The van der Waals surface area contributed by atoms with Gasteiger partial charge in [-0.15, -0.1) is 0 Å². The summed E-state index contributed by atoms with van der Waals surface area (Å²) in [5, 5.41) is 0. The van der Waals surface area contributed by atoms with Crippen LogP contribution in [-0.4, -0.2) is 29.5 Å². The Labute approximate surface area is 127 Å². The Balaban J connectivity index is 2.10. The third-order valence-corrected chi connectivity index (χ3v) is 3.93. The summed E-state index contributed by atoms with van der Waals surface area (Å²) in [5.74, 6) is 0. The molecule has 1 heterocycles. The lowest BCUT2D eigenvalue weighted by atomic mass is 9.95. The molecule has 0 saturated heterocycles. The molecule has 1 aromatic heterocycles. The fraction of sp³-hybridized carbons (Fsp3) is 0.389. The van der Waals surface area contributed by atoms with Gasteiger partial charge < -0.3 is 5.73 Å². The molecule has 0 aliphatic rings. The minimum Gasteiger partial charge on any atom is -0.326 e. The highest BCUT2D eigenvalue weighted by atomic mass is 15.1. The molecule has 2 atom stereocenters. The molecule has 1 aromatic carbocycles. The highest BCUT2D eigenvalue weighted by Crippen LogP contribution is 2.25. The quantitative estimate of drug-likeness (QED) is 0.886. The second kappa shape index (κ2) is 7.34. The van der Waals surface area contributed by atoms with Gasteiger partial charge in [-0.2, -0.15) is 0 Å². The monoisotopic (exact) mass is 283 g/mol. The van der Waals surface area contributed by atoms with E-state index < -0.39 is 0 Å². The number of hydrogen-bond donors (Lipinski definition) is 1. The van der Waals surface area contributed by atoms with E-state index in [0.29, 0.717) is 0 Å². The van der Waals surface area contributed by atoms with Crippen LogP contribution in [-0.2, 0) is 6.42 Å². The van der Waals surface area contributed by atoms with Gasteiger partial charge in [0, 0.05) is 36.9 Å². The van der Waals surface area contributed by atoms with Crippen molar-refractivity contribution in [2.75, 3.05) is 13.6 Å². The van der Waals surface area contributed by atoms with E-state index >= 15 is 0 Å². The van der Waals surface area contributed by atoms with Crippen molar-refractivity contribution in [1.82, 2.24) is 9.88 Å². The summed E-state index contributed by atoms with van der Waals surface area (Å²) in [7, 11) is 2.14. The highest BCUT2D eigenvalue weighted by molar-refractivity contribution is 5.29. The predicted molar refractivity (Wildman–Crippen MR) is 88.1 cm³/mol. The van der Waals surface area contributed by atoms with Gasteiger partial charge in [0.05, 0.1) is 0 Å². The maximum atomic E-state index is 6.25. The molecule has 0 bridgehead atoms. The summed E-state index contributed by atoms with van der Waals surface area (Å²) < 4.78 is 0. The molecule has 0 aliphatic heterocycles. The SMILES string of the molecule is Cc1ccccc1C(C(C)N)N(C)CCc1ccccn1.